The average Bonchev–Trinajstić information content (AvgIpc) is 3.00. The first-order valence-electron chi connectivity index (χ1n) is 11.0. The summed E-state index contributed by atoms with van der Waals surface area (Å²) < 4.78 is 0. The number of unbranched alkanes of at least 4 members (excludes halogenated alkanes) is 2. The summed E-state index contributed by atoms with van der Waals surface area (Å²) in [6, 6.07) is 18.3. The molecule has 1 fully saturated rings. The Labute approximate surface area is 184 Å². The van der Waals surface area contributed by atoms with Gasteiger partial charge in [0.15, 0.2) is 5.54 Å². The number of urea groups is 1. The van der Waals surface area contributed by atoms with Crippen molar-refractivity contribution in [2.24, 2.45) is 0 Å². The zero-order chi connectivity index (χ0) is 22.3. The molecule has 31 heavy (non-hydrogen) atoms. The SMILES string of the molecule is CCCCC[C@@H](C)NC(=O)CN1C(=O)N[C@](Cc2ccccc2)(c2ccccc2)C1=O. The fraction of sp³-hybridized carbons (Fsp3) is 0.400. The molecule has 0 saturated carbocycles. The van der Waals surface area contributed by atoms with Crippen molar-refractivity contribution in [1.29, 1.82) is 0 Å². The second kappa shape index (κ2) is 10.2. The molecule has 2 N–H and O–H groups in total. The number of amides is 4. The Balaban J connectivity index is 1.78. The molecule has 3 rings (SSSR count). The molecule has 1 aliphatic heterocycles. The van der Waals surface area contributed by atoms with E-state index in [2.05, 4.69) is 17.6 Å². The summed E-state index contributed by atoms with van der Waals surface area (Å²) in [5.74, 6) is -0.725. The van der Waals surface area contributed by atoms with Gasteiger partial charge in [-0.25, -0.2) is 4.79 Å². The molecule has 1 saturated heterocycles. The van der Waals surface area contributed by atoms with E-state index in [1.165, 1.54) is 0 Å². The summed E-state index contributed by atoms with van der Waals surface area (Å²) in [5.41, 5.74) is 0.399. The zero-order valence-electron chi connectivity index (χ0n) is 18.3. The summed E-state index contributed by atoms with van der Waals surface area (Å²) in [6.45, 7) is 3.80. The first-order chi connectivity index (χ1) is 15.0. The van der Waals surface area contributed by atoms with Crippen LogP contribution in [-0.2, 0) is 21.5 Å². The molecule has 6 heteroatoms. The molecular formula is C25H31N3O3. The standard InChI is InChI=1S/C25H31N3O3/c1-3-4-7-12-19(2)26-22(29)18-28-23(30)25(27-24(28)31,21-15-10-6-11-16-21)17-20-13-8-5-9-14-20/h5-6,8-11,13-16,19H,3-4,7,12,17-18H2,1-2H3,(H,26,29)(H,27,31)/t19-,25-/m1/s1. The van der Waals surface area contributed by atoms with Crippen LogP contribution in [0.25, 0.3) is 0 Å². The van der Waals surface area contributed by atoms with Gasteiger partial charge in [-0.3, -0.25) is 14.5 Å². The molecule has 4 amide bonds. The summed E-state index contributed by atoms with van der Waals surface area (Å²) in [7, 11) is 0. The van der Waals surface area contributed by atoms with E-state index in [4.69, 9.17) is 0 Å². The van der Waals surface area contributed by atoms with Gasteiger partial charge in [-0.2, -0.15) is 0 Å². The predicted octanol–water partition coefficient (Wildman–Crippen LogP) is 3.76. The average molecular weight is 422 g/mol. The van der Waals surface area contributed by atoms with Crippen LogP contribution in [0.1, 0.15) is 50.7 Å². The Morgan fingerprint density at radius 1 is 1.03 bits per heavy atom. The molecule has 2 atom stereocenters. The Kier molecular flexibility index (Phi) is 7.45. The molecule has 164 valence electrons. The third kappa shape index (κ3) is 5.32. The van der Waals surface area contributed by atoms with Crippen molar-refractivity contribution in [3.8, 4) is 0 Å². The molecule has 0 aliphatic carbocycles. The molecule has 0 spiro atoms. The van der Waals surface area contributed by atoms with Gasteiger partial charge in [-0.15, -0.1) is 0 Å². The van der Waals surface area contributed by atoms with Gasteiger partial charge in [0.1, 0.15) is 6.54 Å². The van der Waals surface area contributed by atoms with E-state index in [9.17, 15) is 14.4 Å². The van der Waals surface area contributed by atoms with Crippen LogP contribution in [0.3, 0.4) is 0 Å². The Morgan fingerprint density at radius 3 is 2.32 bits per heavy atom. The maximum Gasteiger partial charge on any atom is 0.325 e. The van der Waals surface area contributed by atoms with Crippen LogP contribution in [0, 0.1) is 0 Å². The van der Waals surface area contributed by atoms with E-state index in [0.29, 0.717) is 12.0 Å². The van der Waals surface area contributed by atoms with Crippen LogP contribution in [0.5, 0.6) is 0 Å². The minimum Gasteiger partial charge on any atom is -0.352 e. The lowest BCUT2D eigenvalue weighted by Crippen LogP contribution is -2.47. The highest BCUT2D eigenvalue weighted by molar-refractivity contribution is 6.09. The van der Waals surface area contributed by atoms with Gasteiger partial charge in [0.2, 0.25) is 5.91 Å². The van der Waals surface area contributed by atoms with Gasteiger partial charge in [0.05, 0.1) is 0 Å². The van der Waals surface area contributed by atoms with E-state index >= 15 is 0 Å². The van der Waals surface area contributed by atoms with Crippen molar-refractivity contribution >= 4 is 17.8 Å². The van der Waals surface area contributed by atoms with E-state index in [-0.39, 0.29) is 18.5 Å². The molecule has 0 aromatic heterocycles. The van der Waals surface area contributed by atoms with Gasteiger partial charge in [0, 0.05) is 12.5 Å². The second-order valence-electron chi connectivity index (χ2n) is 8.22. The molecule has 0 bridgehead atoms. The molecule has 0 unspecified atom stereocenters. The number of imide groups is 1. The number of hydrogen-bond donors (Lipinski definition) is 2. The zero-order valence-corrected chi connectivity index (χ0v) is 18.3. The van der Waals surface area contributed by atoms with Crippen LogP contribution >= 0.6 is 0 Å². The predicted molar refractivity (Wildman–Crippen MR) is 120 cm³/mol. The molecule has 1 heterocycles. The first kappa shape index (κ1) is 22.5. The fourth-order valence-electron chi connectivity index (χ4n) is 4.05. The van der Waals surface area contributed by atoms with E-state index < -0.39 is 17.5 Å². The maximum atomic E-state index is 13.5. The highest BCUT2D eigenvalue weighted by Crippen LogP contribution is 2.32. The molecule has 2 aromatic rings. The number of nitrogens with one attached hydrogen (secondary N) is 2. The van der Waals surface area contributed by atoms with Crippen molar-refractivity contribution in [3.05, 3.63) is 71.8 Å². The maximum absolute atomic E-state index is 13.5. The third-order valence-corrected chi connectivity index (χ3v) is 5.70. The summed E-state index contributed by atoms with van der Waals surface area (Å²) in [4.78, 5) is 39.9. The molecular weight excluding hydrogens is 390 g/mol. The van der Waals surface area contributed by atoms with Gasteiger partial charge in [-0.1, -0.05) is 86.8 Å². The summed E-state index contributed by atoms with van der Waals surface area (Å²) >= 11 is 0. The normalized spacial score (nSPS) is 19.2. The second-order valence-corrected chi connectivity index (χ2v) is 8.22. The van der Waals surface area contributed by atoms with Gasteiger partial charge in [-0.05, 0) is 24.5 Å². The lowest BCUT2D eigenvalue weighted by Gasteiger charge is -2.27. The number of hydrogen-bond acceptors (Lipinski definition) is 3. The lowest BCUT2D eigenvalue weighted by atomic mass is 9.83. The number of carbonyl (C=O) groups is 3. The Bertz CT molecular complexity index is 901. The van der Waals surface area contributed by atoms with Crippen molar-refractivity contribution in [2.45, 2.75) is 57.5 Å². The summed E-state index contributed by atoms with van der Waals surface area (Å²) in [5, 5.41) is 5.80. The quantitative estimate of drug-likeness (QED) is 0.453. The van der Waals surface area contributed by atoms with Crippen molar-refractivity contribution in [2.75, 3.05) is 6.54 Å². The Morgan fingerprint density at radius 2 is 1.68 bits per heavy atom. The minimum atomic E-state index is -1.23. The third-order valence-electron chi connectivity index (χ3n) is 5.70. The van der Waals surface area contributed by atoms with E-state index in [0.717, 1.165) is 36.1 Å². The number of benzene rings is 2. The van der Waals surface area contributed by atoms with E-state index in [1.54, 1.807) is 0 Å². The Hall–Kier alpha value is -3.15. The molecule has 1 aliphatic rings. The number of rotatable bonds is 10. The highest BCUT2D eigenvalue weighted by atomic mass is 16.2. The highest BCUT2D eigenvalue weighted by Gasteiger charge is 2.52. The molecule has 0 radical (unpaired) electrons. The van der Waals surface area contributed by atoms with Crippen LogP contribution in [0.2, 0.25) is 0 Å². The monoisotopic (exact) mass is 421 g/mol. The minimum absolute atomic E-state index is 0.00279. The van der Waals surface area contributed by atoms with Crippen molar-refractivity contribution in [1.82, 2.24) is 15.5 Å². The van der Waals surface area contributed by atoms with Gasteiger partial charge >= 0.3 is 6.03 Å². The largest absolute Gasteiger partial charge is 0.352 e. The van der Waals surface area contributed by atoms with E-state index in [1.807, 2.05) is 67.6 Å². The van der Waals surface area contributed by atoms with Gasteiger partial charge < -0.3 is 10.6 Å². The number of nitrogens with zero attached hydrogens (tertiary/aromatic N) is 1. The van der Waals surface area contributed by atoms with Crippen molar-refractivity contribution in [3.63, 3.8) is 0 Å². The van der Waals surface area contributed by atoms with Crippen LogP contribution in [0.4, 0.5) is 4.79 Å². The molecule has 2 aromatic carbocycles. The smallest absolute Gasteiger partial charge is 0.325 e. The van der Waals surface area contributed by atoms with Crippen LogP contribution in [0.15, 0.2) is 60.7 Å². The summed E-state index contributed by atoms with van der Waals surface area (Å²) in [6.07, 6.45) is 4.46. The topological polar surface area (TPSA) is 78.5 Å². The van der Waals surface area contributed by atoms with Gasteiger partial charge in [0.25, 0.3) is 5.91 Å². The fourth-order valence-corrected chi connectivity index (χ4v) is 4.05. The van der Waals surface area contributed by atoms with Crippen LogP contribution < -0.4 is 10.6 Å². The van der Waals surface area contributed by atoms with Crippen molar-refractivity contribution < 1.29 is 14.4 Å². The molecule has 6 nitrogen and oxygen atoms in total. The first-order valence-corrected chi connectivity index (χ1v) is 11.0. The van der Waals surface area contributed by atoms with Crippen LogP contribution in [-0.4, -0.2) is 35.3 Å². The number of carbonyl (C=O) groups excluding carboxylic acids is 3. The lowest BCUT2D eigenvalue weighted by molar-refractivity contribution is -0.135.